The maximum atomic E-state index is 13.5. The fraction of sp³-hybridized carbons (Fsp3) is 0.120. The van der Waals surface area contributed by atoms with E-state index in [1.54, 1.807) is 23.7 Å². The lowest BCUT2D eigenvalue weighted by Gasteiger charge is -2.10. The highest BCUT2D eigenvalue weighted by Crippen LogP contribution is 2.25. The monoisotopic (exact) mass is 472 g/mol. The van der Waals surface area contributed by atoms with Crippen LogP contribution in [0.15, 0.2) is 83.9 Å². The van der Waals surface area contributed by atoms with E-state index >= 15 is 0 Å². The number of amides is 1. The fourth-order valence-corrected chi connectivity index (χ4v) is 3.96. The summed E-state index contributed by atoms with van der Waals surface area (Å²) in [7, 11) is 0. The molecule has 8 nitrogen and oxygen atoms in total. The number of nitrogens with zero attached hydrogens (tertiary/aromatic N) is 5. The van der Waals surface area contributed by atoms with Gasteiger partial charge < -0.3 is 9.88 Å². The van der Waals surface area contributed by atoms with E-state index in [0.717, 1.165) is 11.3 Å². The SMILES string of the molecule is Cc1nn(CC(=O)NCc2ccccc2)c(=O)c2c(-n3cccc3)n(-c3ccc(Cl)cc3)nc12. The van der Waals surface area contributed by atoms with E-state index in [4.69, 9.17) is 16.7 Å². The van der Waals surface area contributed by atoms with Gasteiger partial charge >= 0.3 is 0 Å². The maximum Gasteiger partial charge on any atom is 0.280 e. The molecule has 1 N–H and O–H groups in total. The quantitative estimate of drug-likeness (QED) is 0.408. The van der Waals surface area contributed by atoms with Crippen molar-refractivity contribution >= 4 is 28.4 Å². The van der Waals surface area contributed by atoms with Crippen LogP contribution >= 0.6 is 11.6 Å². The molecule has 0 atom stereocenters. The molecule has 0 unspecified atom stereocenters. The summed E-state index contributed by atoms with van der Waals surface area (Å²) in [6, 6.07) is 20.5. The van der Waals surface area contributed by atoms with Crippen molar-refractivity contribution < 1.29 is 4.79 Å². The number of aromatic nitrogens is 5. The summed E-state index contributed by atoms with van der Waals surface area (Å²) in [4.78, 5) is 26.1. The van der Waals surface area contributed by atoms with E-state index in [2.05, 4.69) is 10.4 Å². The molecule has 0 aliphatic heterocycles. The maximum absolute atomic E-state index is 13.5. The molecular formula is C25H21ClN6O2. The Kier molecular flexibility index (Phi) is 5.73. The van der Waals surface area contributed by atoms with Crippen molar-refractivity contribution in [2.75, 3.05) is 0 Å². The fourth-order valence-electron chi connectivity index (χ4n) is 3.83. The first-order chi connectivity index (χ1) is 16.5. The van der Waals surface area contributed by atoms with Crippen molar-refractivity contribution in [3.63, 3.8) is 0 Å². The third kappa shape index (κ3) is 4.11. The second kappa shape index (κ2) is 8.99. The number of nitrogens with one attached hydrogen (secondary N) is 1. The van der Waals surface area contributed by atoms with Gasteiger partial charge in [-0.05, 0) is 48.9 Å². The zero-order valence-electron chi connectivity index (χ0n) is 18.4. The number of carbonyl (C=O) groups is 1. The second-order valence-electron chi connectivity index (χ2n) is 7.84. The van der Waals surface area contributed by atoms with Gasteiger partial charge in [0.2, 0.25) is 5.91 Å². The van der Waals surface area contributed by atoms with Gasteiger partial charge in [0.05, 0.1) is 11.4 Å². The first-order valence-electron chi connectivity index (χ1n) is 10.7. The van der Waals surface area contributed by atoms with Crippen LogP contribution < -0.4 is 10.9 Å². The van der Waals surface area contributed by atoms with Crippen molar-refractivity contribution in [1.82, 2.24) is 29.4 Å². The largest absolute Gasteiger partial charge is 0.350 e. The van der Waals surface area contributed by atoms with Crippen LogP contribution in [0.3, 0.4) is 0 Å². The summed E-state index contributed by atoms with van der Waals surface area (Å²) in [6.07, 6.45) is 3.68. The van der Waals surface area contributed by atoms with E-state index in [9.17, 15) is 9.59 Å². The smallest absolute Gasteiger partial charge is 0.280 e. The summed E-state index contributed by atoms with van der Waals surface area (Å²) < 4.78 is 4.71. The number of aryl methyl sites for hydroxylation is 1. The Balaban J connectivity index is 1.57. The molecule has 9 heteroatoms. The predicted molar refractivity (Wildman–Crippen MR) is 130 cm³/mol. The van der Waals surface area contributed by atoms with Crippen LogP contribution in [0, 0.1) is 6.92 Å². The van der Waals surface area contributed by atoms with Gasteiger partial charge in [0.1, 0.15) is 17.4 Å². The van der Waals surface area contributed by atoms with Crippen LogP contribution in [0.4, 0.5) is 0 Å². The number of benzene rings is 2. The van der Waals surface area contributed by atoms with Crippen molar-refractivity contribution in [2.45, 2.75) is 20.0 Å². The molecular weight excluding hydrogens is 452 g/mol. The normalized spacial score (nSPS) is 11.1. The summed E-state index contributed by atoms with van der Waals surface area (Å²) in [5.74, 6) is 0.265. The molecule has 0 saturated carbocycles. The van der Waals surface area contributed by atoms with Crippen molar-refractivity contribution in [3.8, 4) is 11.5 Å². The zero-order valence-corrected chi connectivity index (χ0v) is 19.1. The molecule has 170 valence electrons. The first-order valence-corrected chi connectivity index (χ1v) is 11.1. The van der Waals surface area contributed by atoms with Crippen molar-refractivity contribution in [1.29, 1.82) is 0 Å². The molecule has 2 aromatic carbocycles. The average Bonchev–Trinajstić information content (AvgIpc) is 3.50. The average molecular weight is 473 g/mol. The number of hydrogen-bond acceptors (Lipinski definition) is 4. The molecule has 0 aliphatic rings. The minimum absolute atomic E-state index is 0.195. The highest BCUT2D eigenvalue weighted by atomic mass is 35.5. The Hall–Kier alpha value is -4.17. The predicted octanol–water partition coefficient (Wildman–Crippen LogP) is 3.65. The van der Waals surface area contributed by atoms with Crippen LogP contribution in [0.2, 0.25) is 5.02 Å². The van der Waals surface area contributed by atoms with Gasteiger partial charge in [0, 0.05) is 24.0 Å². The molecule has 0 radical (unpaired) electrons. The highest BCUT2D eigenvalue weighted by Gasteiger charge is 2.22. The van der Waals surface area contributed by atoms with Crippen LogP contribution in [0.25, 0.3) is 22.4 Å². The summed E-state index contributed by atoms with van der Waals surface area (Å²) in [6.45, 7) is 1.96. The minimum atomic E-state index is -0.389. The molecule has 0 spiro atoms. The van der Waals surface area contributed by atoms with Crippen LogP contribution in [-0.4, -0.2) is 30.0 Å². The molecule has 1 amide bonds. The van der Waals surface area contributed by atoms with Gasteiger partial charge in [-0.1, -0.05) is 41.9 Å². The van der Waals surface area contributed by atoms with Crippen LogP contribution in [0.1, 0.15) is 11.3 Å². The van der Waals surface area contributed by atoms with Crippen molar-refractivity contribution in [3.05, 3.63) is 106 Å². The van der Waals surface area contributed by atoms with Gasteiger partial charge in [-0.2, -0.15) is 10.2 Å². The lowest BCUT2D eigenvalue weighted by atomic mass is 10.2. The summed E-state index contributed by atoms with van der Waals surface area (Å²) >= 11 is 6.07. The van der Waals surface area contributed by atoms with Gasteiger partial charge in [0.15, 0.2) is 5.82 Å². The van der Waals surface area contributed by atoms with E-state index in [1.165, 1.54) is 4.68 Å². The Bertz CT molecular complexity index is 1520. The topological polar surface area (TPSA) is 86.7 Å². The van der Waals surface area contributed by atoms with Gasteiger partial charge in [0.25, 0.3) is 5.56 Å². The van der Waals surface area contributed by atoms with E-state index in [0.29, 0.717) is 34.0 Å². The number of hydrogen-bond donors (Lipinski definition) is 1. The number of fused-ring (bicyclic) bond motifs is 1. The second-order valence-corrected chi connectivity index (χ2v) is 8.27. The van der Waals surface area contributed by atoms with E-state index in [1.807, 2.05) is 71.6 Å². The lowest BCUT2D eigenvalue weighted by molar-refractivity contribution is -0.122. The van der Waals surface area contributed by atoms with Gasteiger partial charge in [-0.25, -0.2) is 9.36 Å². The molecule has 0 aliphatic carbocycles. The molecule has 34 heavy (non-hydrogen) atoms. The summed E-state index contributed by atoms with van der Waals surface area (Å²) in [5, 5.41) is 12.9. The van der Waals surface area contributed by atoms with Crippen LogP contribution in [-0.2, 0) is 17.9 Å². The van der Waals surface area contributed by atoms with E-state index in [-0.39, 0.29) is 18.0 Å². The number of carbonyl (C=O) groups excluding carboxylic acids is 1. The molecule has 3 aromatic heterocycles. The molecule has 0 saturated heterocycles. The summed E-state index contributed by atoms with van der Waals surface area (Å²) in [5.41, 5.74) is 2.35. The lowest BCUT2D eigenvalue weighted by Crippen LogP contribution is -2.34. The molecule has 0 fully saturated rings. The molecule has 0 bridgehead atoms. The number of halogens is 1. The van der Waals surface area contributed by atoms with E-state index < -0.39 is 0 Å². The van der Waals surface area contributed by atoms with Crippen LogP contribution in [0.5, 0.6) is 0 Å². The Labute approximate surface area is 200 Å². The van der Waals surface area contributed by atoms with Gasteiger partial charge in [-0.3, -0.25) is 9.59 Å². The molecule has 5 aromatic rings. The van der Waals surface area contributed by atoms with Crippen molar-refractivity contribution in [2.24, 2.45) is 0 Å². The zero-order chi connectivity index (χ0) is 23.7. The third-order valence-electron chi connectivity index (χ3n) is 5.47. The first kappa shape index (κ1) is 21.7. The Morgan fingerprint density at radius 2 is 1.68 bits per heavy atom. The molecule has 3 heterocycles. The number of rotatable bonds is 6. The third-order valence-corrected chi connectivity index (χ3v) is 5.72. The van der Waals surface area contributed by atoms with Gasteiger partial charge in [-0.15, -0.1) is 0 Å². The molecule has 5 rings (SSSR count). The standard InChI is InChI=1S/C25H21ClN6O2/c1-17-23-22(25(34)31(28-17)16-21(33)27-15-18-7-3-2-4-8-18)24(30-13-5-6-14-30)32(29-23)20-11-9-19(26)10-12-20/h2-14H,15-16H2,1H3,(H,27,33). The Morgan fingerprint density at radius 1 is 0.971 bits per heavy atom. The minimum Gasteiger partial charge on any atom is -0.350 e. The highest BCUT2D eigenvalue weighted by molar-refractivity contribution is 6.30. The Morgan fingerprint density at radius 3 is 2.38 bits per heavy atom.